The minimum absolute atomic E-state index is 0.256. The second-order valence-electron chi connectivity index (χ2n) is 6.26. The zero-order chi connectivity index (χ0) is 17.4. The van der Waals surface area contributed by atoms with Crippen LogP contribution in [0.15, 0.2) is 24.3 Å². The average Bonchev–Trinajstić information content (AvgIpc) is 2.50. The van der Waals surface area contributed by atoms with Gasteiger partial charge in [-0.15, -0.1) is 0 Å². The number of nitrogens with two attached hydrogens (primary N) is 1. The normalized spacial score (nSPS) is 13.6. The fraction of sp³-hybridized carbons (Fsp3) is 0.556. The summed E-state index contributed by atoms with van der Waals surface area (Å²) in [7, 11) is 0. The number of hydrogen-bond acceptors (Lipinski definition) is 3. The monoisotopic (exact) mass is 320 g/mol. The predicted molar refractivity (Wildman–Crippen MR) is 91.3 cm³/mol. The van der Waals surface area contributed by atoms with Gasteiger partial charge in [0, 0.05) is 12.3 Å². The first-order valence-corrected chi connectivity index (χ1v) is 8.20. The Morgan fingerprint density at radius 3 is 2.26 bits per heavy atom. The third-order valence-electron chi connectivity index (χ3n) is 3.84. The van der Waals surface area contributed by atoms with Crippen molar-refractivity contribution in [1.82, 2.24) is 5.32 Å². The number of carbonyl (C=O) groups excluding carboxylic acids is 1. The second kappa shape index (κ2) is 9.30. The molecule has 0 heterocycles. The van der Waals surface area contributed by atoms with Crippen molar-refractivity contribution in [2.45, 2.75) is 52.0 Å². The van der Waals surface area contributed by atoms with Gasteiger partial charge in [0.2, 0.25) is 5.91 Å². The topological polar surface area (TPSA) is 92.4 Å². The molecule has 1 rings (SSSR count). The first-order valence-electron chi connectivity index (χ1n) is 8.20. The SMILES string of the molecule is CCC(=O)NC(C(=O)O)C(CCN)c1ccc(CC(C)C)cc1. The van der Waals surface area contributed by atoms with Crippen molar-refractivity contribution in [3.63, 3.8) is 0 Å². The number of hydrogen-bond donors (Lipinski definition) is 3. The van der Waals surface area contributed by atoms with Crippen LogP contribution in [0.5, 0.6) is 0 Å². The first-order chi connectivity index (χ1) is 10.9. The Balaban J connectivity index is 3.02. The van der Waals surface area contributed by atoms with Gasteiger partial charge in [-0.2, -0.15) is 0 Å². The maximum absolute atomic E-state index is 11.6. The van der Waals surface area contributed by atoms with E-state index in [0.717, 1.165) is 12.0 Å². The van der Waals surface area contributed by atoms with Crippen molar-refractivity contribution >= 4 is 11.9 Å². The molecule has 2 atom stereocenters. The smallest absolute Gasteiger partial charge is 0.326 e. The molecule has 0 spiro atoms. The van der Waals surface area contributed by atoms with Crippen LogP contribution in [-0.2, 0) is 16.0 Å². The molecule has 0 fully saturated rings. The molecular weight excluding hydrogens is 292 g/mol. The van der Waals surface area contributed by atoms with Crippen LogP contribution in [0.4, 0.5) is 0 Å². The highest BCUT2D eigenvalue weighted by Crippen LogP contribution is 2.25. The Kier molecular flexibility index (Phi) is 7.75. The highest BCUT2D eigenvalue weighted by molar-refractivity contribution is 5.84. The highest BCUT2D eigenvalue weighted by Gasteiger charge is 2.30. The van der Waals surface area contributed by atoms with E-state index in [4.69, 9.17) is 5.73 Å². The largest absolute Gasteiger partial charge is 0.480 e. The number of carbonyl (C=O) groups is 2. The number of aliphatic carboxylic acids is 1. The van der Waals surface area contributed by atoms with Crippen LogP contribution in [0.2, 0.25) is 0 Å². The standard InChI is InChI=1S/C18H28N2O3/c1-4-16(21)20-17(18(22)23)15(9-10-19)14-7-5-13(6-8-14)11-12(2)3/h5-8,12,15,17H,4,9-11,19H2,1-3H3,(H,20,21)(H,22,23). The molecule has 1 aromatic rings. The molecule has 0 aliphatic heterocycles. The van der Waals surface area contributed by atoms with E-state index in [1.807, 2.05) is 24.3 Å². The second-order valence-corrected chi connectivity index (χ2v) is 6.26. The molecule has 0 aromatic heterocycles. The zero-order valence-corrected chi connectivity index (χ0v) is 14.2. The summed E-state index contributed by atoms with van der Waals surface area (Å²) in [5.74, 6) is -1.07. The van der Waals surface area contributed by atoms with Gasteiger partial charge in [0.05, 0.1) is 0 Å². The van der Waals surface area contributed by atoms with Gasteiger partial charge in [-0.3, -0.25) is 4.79 Å². The molecule has 0 saturated carbocycles. The fourth-order valence-electron chi connectivity index (χ4n) is 2.69. The Morgan fingerprint density at radius 2 is 1.83 bits per heavy atom. The summed E-state index contributed by atoms with van der Waals surface area (Å²) in [6, 6.07) is 7.00. The molecule has 0 saturated heterocycles. The van der Waals surface area contributed by atoms with Crippen molar-refractivity contribution in [1.29, 1.82) is 0 Å². The van der Waals surface area contributed by atoms with Crippen LogP contribution in [0.25, 0.3) is 0 Å². The van der Waals surface area contributed by atoms with Crippen molar-refractivity contribution in [2.24, 2.45) is 11.7 Å². The fourth-order valence-corrected chi connectivity index (χ4v) is 2.69. The lowest BCUT2D eigenvalue weighted by molar-refractivity contribution is -0.142. The third-order valence-corrected chi connectivity index (χ3v) is 3.84. The van der Waals surface area contributed by atoms with E-state index in [1.54, 1.807) is 6.92 Å². The van der Waals surface area contributed by atoms with Gasteiger partial charge in [-0.05, 0) is 36.4 Å². The van der Waals surface area contributed by atoms with Gasteiger partial charge in [0.25, 0.3) is 0 Å². The first kappa shape index (κ1) is 19.2. The number of carboxylic acid groups (broad SMARTS) is 1. The minimum Gasteiger partial charge on any atom is -0.480 e. The van der Waals surface area contributed by atoms with Gasteiger partial charge in [-0.25, -0.2) is 4.79 Å². The Morgan fingerprint density at radius 1 is 1.22 bits per heavy atom. The minimum atomic E-state index is -1.03. The molecule has 128 valence electrons. The van der Waals surface area contributed by atoms with Crippen molar-refractivity contribution in [3.05, 3.63) is 35.4 Å². The Bertz CT molecular complexity index is 512. The van der Waals surface area contributed by atoms with Crippen LogP contribution in [0.1, 0.15) is 50.7 Å². The lowest BCUT2D eigenvalue weighted by atomic mass is 9.87. The Labute approximate surface area is 138 Å². The van der Waals surface area contributed by atoms with E-state index < -0.39 is 12.0 Å². The molecule has 1 aromatic carbocycles. The van der Waals surface area contributed by atoms with Crippen molar-refractivity contribution in [3.8, 4) is 0 Å². The number of nitrogens with one attached hydrogen (secondary N) is 1. The molecular formula is C18H28N2O3. The predicted octanol–water partition coefficient (Wildman–Crippen LogP) is 2.30. The van der Waals surface area contributed by atoms with E-state index >= 15 is 0 Å². The van der Waals surface area contributed by atoms with E-state index in [0.29, 0.717) is 18.9 Å². The van der Waals surface area contributed by atoms with Crippen LogP contribution in [0, 0.1) is 5.92 Å². The summed E-state index contributed by atoms with van der Waals surface area (Å²) >= 11 is 0. The van der Waals surface area contributed by atoms with Crippen LogP contribution < -0.4 is 11.1 Å². The maximum atomic E-state index is 11.6. The van der Waals surface area contributed by atoms with E-state index in [-0.39, 0.29) is 18.2 Å². The number of rotatable bonds is 9. The summed E-state index contributed by atoms with van der Waals surface area (Å²) in [5, 5.41) is 12.1. The Hall–Kier alpha value is -1.88. The lowest BCUT2D eigenvalue weighted by Gasteiger charge is -2.25. The van der Waals surface area contributed by atoms with E-state index in [9.17, 15) is 14.7 Å². The summed E-state index contributed by atoms with van der Waals surface area (Å²) in [6.07, 6.45) is 1.74. The molecule has 5 heteroatoms. The zero-order valence-electron chi connectivity index (χ0n) is 14.2. The molecule has 4 N–H and O–H groups in total. The molecule has 0 radical (unpaired) electrons. The number of benzene rings is 1. The summed E-state index contributed by atoms with van der Waals surface area (Å²) in [5.41, 5.74) is 7.78. The lowest BCUT2D eigenvalue weighted by Crippen LogP contribution is -2.45. The van der Waals surface area contributed by atoms with Gasteiger partial charge in [-0.1, -0.05) is 45.0 Å². The van der Waals surface area contributed by atoms with E-state index in [2.05, 4.69) is 19.2 Å². The maximum Gasteiger partial charge on any atom is 0.326 e. The molecule has 0 aliphatic rings. The number of amides is 1. The van der Waals surface area contributed by atoms with Crippen LogP contribution in [-0.4, -0.2) is 29.6 Å². The summed E-state index contributed by atoms with van der Waals surface area (Å²) in [4.78, 5) is 23.2. The molecule has 0 aliphatic carbocycles. The van der Waals surface area contributed by atoms with Gasteiger partial charge < -0.3 is 16.2 Å². The molecule has 5 nitrogen and oxygen atoms in total. The molecule has 1 amide bonds. The molecule has 0 bridgehead atoms. The van der Waals surface area contributed by atoms with E-state index in [1.165, 1.54) is 5.56 Å². The van der Waals surface area contributed by atoms with Gasteiger partial charge in [0.15, 0.2) is 0 Å². The third kappa shape index (κ3) is 6.02. The van der Waals surface area contributed by atoms with Crippen LogP contribution in [0.3, 0.4) is 0 Å². The quantitative estimate of drug-likeness (QED) is 0.651. The number of carboxylic acids is 1. The van der Waals surface area contributed by atoms with Crippen molar-refractivity contribution < 1.29 is 14.7 Å². The van der Waals surface area contributed by atoms with Gasteiger partial charge in [0.1, 0.15) is 6.04 Å². The molecule has 2 unspecified atom stereocenters. The highest BCUT2D eigenvalue weighted by atomic mass is 16.4. The van der Waals surface area contributed by atoms with Crippen LogP contribution >= 0.6 is 0 Å². The van der Waals surface area contributed by atoms with Crippen molar-refractivity contribution in [2.75, 3.05) is 6.54 Å². The summed E-state index contributed by atoms with van der Waals surface area (Å²) in [6.45, 7) is 6.38. The van der Waals surface area contributed by atoms with Gasteiger partial charge >= 0.3 is 5.97 Å². The average molecular weight is 320 g/mol. The summed E-state index contributed by atoms with van der Waals surface area (Å²) < 4.78 is 0. The molecule has 23 heavy (non-hydrogen) atoms.